The van der Waals surface area contributed by atoms with Gasteiger partial charge in [-0.05, 0) is 6.92 Å². The minimum absolute atomic E-state index is 0.763. The summed E-state index contributed by atoms with van der Waals surface area (Å²) in [5.74, 6) is 0. The van der Waals surface area contributed by atoms with Gasteiger partial charge in [0.25, 0.3) is 0 Å². The molecular formula is C6H11IO. The molecule has 0 saturated heterocycles. The summed E-state index contributed by atoms with van der Waals surface area (Å²) in [6.07, 6.45) is 4.13. The second-order valence-corrected chi connectivity index (χ2v) is 2.17. The maximum atomic E-state index is 5.05. The predicted octanol–water partition coefficient (Wildman–Crippen LogP) is 2.01. The standard InChI is InChI=1S/C6H11IO/c1-2-8-6-4-3-5-7/h3-4H,2,5-6H2,1H3/b4-3+. The van der Waals surface area contributed by atoms with Gasteiger partial charge in [0.2, 0.25) is 0 Å². The minimum Gasteiger partial charge on any atom is -0.378 e. The third kappa shape index (κ3) is 6.43. The van der Waals surface area contributed by atoms with Gasteiger partial charge in [0.05, 0.1) is 6.61 Å². The van der Waals surface area contributed by atoms with Gasteiger partial charge in [-0.1, -0.05) is 34.7 Å². The van der Waals surface area contributed by atoms with E-state index in [9.17, 15) is 0 Å². The Morgan fingerprint density at radius 1 is 1.50 bits per heavy atom. The first-order valence-corrected chi connectivity index (χ1v) is 4.23. The van der Waals surface area contributed by atoms with Crippen molar-refractivity contribution in [2.75, 3.05) is 17.6 Å². The van der Waals surface area contributed by atoms with Crippen molar-refractivity contribution in [1.82, 2.24) is 0 Å². The molecule has 0 unspecified atom stereocenters. The molecule has 0 N–H and O–H groups in total. The van der Waals surface area contributed by atoms with E-state index < -0.39 is 0 Å². The van der Waals surface area contributed by atoms with Gasteiger partial charge in [-0.15, -0.1) is 0 Å². The van der Waals surface area contributed by atoms with Crippen molar-refractivity contribution in [3.05, 3.63) is 12.2 Å². The van der Waals surface area contributed by atoms with E-state index in [1.807, 2.05) is 13.0 Å². The molecule has 0 heterocycles. The Kier molecular flexibility index (Phi) is 7.83. The second kappa shape index (κ2) is 7.43. The van der Waals surface area contributed by atoms with Crippen LogP contribution in [0.3, 0.4) is 0 Å². The van der Waals surface area contributed by atoms with Crippen LogP contribution in [0.15, 0.2) is 12.2 Å². The molecule has 0 amide bonds. The first kappa shape index (κ1) is 8.43. The molecule has 0 aromatic carbocycles. The van der Waals surface area contributed by atoms with Gasteiger partial charge >= 0.3 is 0 Å². The number of rotatable bonds is 4. The fraction of sp³-hybridized carbons (Fsp3) is 0.667. The third-order valence-electron chi connectivity index (χ3n) is 0.674. The molecular weight excluding hydrogens is 215 g/mol. The lowest BCUT2D eigenvalue weighted by atomic mass is 10.5. The number of ether oxygens (including phenoxy) is 1. The maximum Gasteiger partial charge on any atom is 0.0647 e. The number of hydrogen-bond donors (Lipinski definition) is 0. The predicted molar refractivity (Wildman–Crippen MR) is 44.5 cm³/mol. The highest BCUT2D eigenvalue weighted by atomic mass is 127. The smallest absolute Gasteiger partial charge is 0.0647 e. The number of halogens is 1. The van der Waals surface area contributed by atoms with Crippen LogP contribution in [0.25, 0.3) is 0 Å². The summed E-state index contributed by atoms with van der Waals surface area (Å²) in [6.45, 7) is 3.57. The van der Waals surface area contributed by atoms with Crippen molar-refractivity contribution >= 4 is 22.6 Å². The summed E-state index contributed by atoms with van der Waals surface area (Å²) >= 11 is 2.30. The Morgan fingerprint density at radius 2 is 2.25 bits per heavy atom. The highest BCUT2D eigenvalue weighted by molar-refractivity contribution is 14.1. The quantitative estimate of drug-likeness (QED) is 0.308. The van der Waals surface area contributed by atoms with Crippen LogP contribution < -0.4 is 0 Å². The summed E-state index contributed by atoms with van der Waals surface area (Å²) in [4.78, 5) is 0. The fourth-order valence-electron chi connectivity index (χ4n) is 0.317. The number of allylic oxidation sites excluding steroid dienone is 1. The zero-order chi connectivity index (χ0) is 6.24. The first-order chi connectivity index (χ1) is 3.91. The second-order valence-electron chi connectivity index (χ2n) is 1.29. The summed E-state index contributed by atoms with van der Waals surface area (Å²) in [5, 5.41) is 0. The highest BCUT2D eigenvalue weighted by Gasteiger charge is 1.72. The van der Waals surface area contributed by atoms with Gasteiger partial charge < -0.3 is 4.74 Å². The lowest BCUT2D eigenvalue weighted by Crippen LogP contribution is -1.87. The van der Waals surface area contributed by atoms with Gasteiger partial charge in [-0.25, -0.2) is 0 Å². The van der Waals surface area contributed by atoms with Crippen LogP contribution in [-0.4, -0.2) is 17.6 Å². The topological polar surface area (TPSA) is 9.23 Å². The normalized spacial score (nSPS) is 10.8. The molecule has 0 spiro atoms. The van der Waals surface area contributed by atoms with E-state index in [-0.39, 0.29) is 0 Å². The molecule has 0 aliphatic heterocycles. The average Bonchev–Trinajstić information content (AvgIpc) is 1.81. The molecule has 1 nitrogen and oxygen atoms in total. The van der Waals surface area contributed by atoms with Crippen LogP contribution in [0.1, 0.15) is 6.92 Å². The molecule has 0 atom stereocenters. The van der Waals surface area contributed by atoms with Crippen molar-refractivity contribution in [1.29, 1.82) is 0 Å². The van der Waals surface area contributed by atoms with Gasteiger partial charge in [0.1, 0.15) is 0 Å². The van der Waals surface area contributed by atoms with Crippen molar-refractivity contribution in [2.45, 2.75) is 6.92 Å². The van der Waals surface area contributed by atoms with E-state index in [0.717, 1.165) is 17.6 Å². The number of alkyl halides is 1. The van der Waals surface area contributed by atoms with E-state index in [2.05, 4.69) is 28.7 Å². The molecule has 48 valence electrons. The third-order valence-corrected chi connectivity index (χ3v) is 1.18. The SMILES string of the molecule is CCOC/C=C/CI. The van der Waals surface area contributed by atoms with Crippen LogP contribution >= 0.6 is 22.6 Å². The van der Waals surface area contributed by atoms with E-state index in [0.29, 0.717) is 0 Å². The van der Waals surface area contributed by atoms with Crippen molar-refractivity contribution in [3.63, 3.8) is 0 Å². The molecule has 0 aliphatic carbocycles. The molecule has 8 heavy (non-hydrogen) atoms. The molecule has 0 saturated carbocycles. The Bertz CT molecular complexity index is 61.5. The average molecular weight is 226 g/mol. The van der Waals surface area contributed by atoms with Gasteiger partial charge in [-0.2, -0.15) is 0 Å². The van der Waals surface area contributed by atoms with Gasteiger partial charge in [0.15, 0.2) is 0 Å². The number of hydrogen-bond acceptors (Lipinski definition) is 1. The summed E-state index contributed by atoms with van der Waals surface area (Å²) in [7, 11) is 0. The lowest BCUT2D eigenvalue weighted by molar-refractivity contribution is 0.177. The summed E-state index contributed by atoms with van der Waals surface area (Å²) < 4.78 is 6.12. The van der Waals surface area contributed by atoms with E-state index in [1.54, 1.807) is 0 Å². The minimum atomic E-state index is 0.763. The Hall–Kier alpha value is 0.430. The van der Waals surface area contributed by atoms with E-state index in [1.165, 1.54) is 0 Å². The Labute approximate surface area is 64.2 Å². The Balaban J connectivity index is 2.80. The maximum absolute atomic E-state index is 5.05. The molecule has 0 bridgehead atoms. The zero-order valence-electron chi connectivity index (χ0n) is 5.06. The Morgan fingerprint density at radius 3 is 2.75 bits per heavy atom. The fourth-order valence-corrected chi connectivity index (χ4v) is 0.677. The van der Waals surface area contributed by atoms with Crippen molar-refractivity contribution in [2.24, 2.45) is 0 Å². The van der Waals surface area contributed by atoms with Crippen LogP contribution in [0.4, 0.5) is 0 Å². The van der Waals surface area contributed by atoms with Gasteiger partial charge in [-0.3, -0.25) is 0 Å². The summed E-state index contributed by atoms with van der Waals surface area (Å²) in [6, 6.07) is 0. The zero-order valence-corrected chi connectivity index (χ0v) is 7.22. The lowest BCUT2D eigenvalue weighted by Gasteiger charge is -1.90. The molecule has 0 fully saturated rings. The van der Waals surface area contributed by atoms with Crippen molar-refractivity contribution < 1.29 is 4.74 Å². The van der Waals surface area contributed by atoms with E-state index >= 15 is 0 Å². The molecule has 0 aromatic heterocycles. The summed E-state index contributed by atoms with van der Waals surface area (Å²) in [5.41, 5.74) is 0. The largest absolute Gasteiger partial charge is 0.378 e. The molecule has 0 radical (unpaired) electrons. The van der Waals surface area contributed by atoms with Crippen molar-refractivity contribution in [3.8, 4) is 0 Å². The monoisotopic (exact) mass is 226 g/mol. The molecule has 0 aliphatic rings. The van der Waals surface area contributed by atoms with Crippen LogP contribution in [-0.2, 0) is 4.74 Å². The van der Waals surface area contributed by atoms with Crippen LogP contribution in [0.5, 0.6) is 0 Å². The van der Waals surface area contributed by atoms with E-state index in [4.69, 9.17) is 4.74 Å². The highest BCUT2D eigenvalue weighted by Crippen LogP contribution is 1.82. The van der Waals surface area contributed by atoms with Crippen LogP contribution in [0, 0.1) is 0 Å². The first-order valence-electron chi connectivity index (χ1n) is 2.70. The molecule has 0 aromatic rings. The molecule has 2 heteroatoms. The van der Waals surface area contributed by atoms with Gasteiger partial charge in [0, 0.05) is 11.0 Å². The molecule has 0 rings (SSSR count). The van der Waals surface area contributed by atoms with Crippen LogP contribution in [0.2, 0.25) is 0 Å².